The summed E-state index contributed by atoms with van der Waals surface area (Å²) in [5.41, 5.74) is 0. The molecule has 0 aromatic carbocycles. The quantitative estimate of drug-likeness (QED) is 0.0204. The van der Waals surface area contributed by atoms with Crippen molar-refractivity contribution in [2.45, 2.75) is 338 Å². The molecule has 2 aliphatic heterocycles. The molecule has 2 aliphatic rings. The van der Waals surface area contributed by atoms with Crippen LogP contribution in [0.2, 0.25) is 0 Å². The smallest absolute Gasteiger partial charge is 0.220 e. The zero-order chi connectivity index (χ0) is 61.6. The van der Waals surface area contributed by atoms with E-state index in [-0.39, 0.29) is 18.9 Å². The van der Waals surface area contributed by atoms with Gasteiger partial charge in [-0.05, 0) is 77.0 Å². The molecule has 12 unspecified atom stereocenters. The number of ether oxygens (including phenoxy) is 4. The van der Waals surface area contributed by atoms with Gasteiger partial charge in [0.2, 0.25) is 5.91 Å². The highest BCUT2D eigenvalue weighted by Crippen LogP contribution is 2.30. The van der Waals surface area contributed by atoms with Crippen molar-refractivity contribution in [1.29, 1.82) is 0 Å². The Balaban J connectivity index is 1.68. The topological polar surface area (TPSA) is 228 Å². The second kappa shape index (κ2) is 55.3. The van der Waals surface area contributed by atoms with Gasteiger partial charge in [0.15, 0.2) is 12.6 Å². The maximum atomic E-state index is 13.3. The zero-order valence-electron chi connectivity index (χ0n) is 53.3. The molecule has 2 fully saturated rings. The highest BCUT2D eigenvalue weighted by molar-refractivity contribution is 5.76. The predicted octanol–water partition coefficient (Wildman–Crippen LogP) is 13.6. The Kier molecular flexibility index (Phi) is 50.9. The Morgan fingerprint density at radius 1 is 0.435 bits per heavy atom. The summed E-state index contributed by atoms with van der Waals surface area (Å²) in [7, 11) is 0. The average molecular weight is 1200 g/mol. The van der Waals surface area contributed by atoms with Crippen LogP contribution in [0.4, 0.5) is 0 Å². The summed E-state index contributed by atoms with van der Waals surface area (Å²) in [4.78, 5) is 13.3. The van der Waals surface area contributed by atoms with Crippen LogP contribution in [-0.2, 0) is 23.7 Å². The molecule has 0 saturated carbocycles. The maximum Gasteiger partial charge on any atom is 0.220 e. The Labute approximate surface area is 516 Å². The van der Waals surface area contributed by atoms with Crippen molar-refractivity contribution in [3.05, 3.63) is 85.1 Å². The van der Waals surface area contributed by atoms with Gasteiger partial charge in [0.1, 0.15) is 48.8 Å². The minimum absolute atomic E-state index is 0.250. The maximum absolute atomic E-state index is 13.3. The van der Waals surface area contributed by atoms with Crippen LogP contribution in [-0.4, -0.2) is 140 Å². The molecule has 0 aromatic rings. The number of aliphatic hydroxyl groups is 8. The summed E-state index contributed by atoms with van der Waals surface area (Å²) in [6.07, 6.45) is 59.2. The van der Waals surface area contributed by atoms with Crippen molar-refractivity contribution >= 4 is 5.91 Å². The number of unbranched alkanes of at least 4 members (excludes halogenated alkanes) is 30. The van der Waals surface area contributed by atoms with Crippen molar-refractivity contribution in [1.82, 2.24) is 5.32 Å². The molecule has 9 N–H and O–H groups in total. The van der Waals surface area contributed by atoms with Gasteiger partial charge >= 0.3 is 0 Å². The van der Waals surface area contributed by atoms with Crippen molar-refractivity contribution in [3.63, 3.8) is 0 Å². The van der Waals surface area contributed by atoms with E-state index in [1.54, 1.807) is 6.08 Å². The monoisotopic (exact) mass is 1200 g/mol. The number of allylic oxidation sites excluding steroid dienone is 13. The number of amides is 1. The fraction of sp³-hybridized carbons (Fsp3) is 0.789. The van der Waals surface area contributed by atoms with Gasteiger partial charge in [0, 0.05) is 6.42 Å². The molecule has 2 rings (SSSR count). The molecule has 0 bridgehead atoms. The van der Waals surface area contributed by atoms with E-state index in [0.717, 1.165) is 64.2 Å². The lowest BCUT2D eigenvalue weighted by molar-refractivity contribution is -0.359. The van der Waals surface area contributed by atoms with Crippen LogP contribution in [0, 0.1) is 0 Å². The first-order valence-electron chi connectivity index (χ1n) is 34.3. The minimum atomic E-state index is -1.79. The van der Waals surface area contributed by atoms with Crippen LogP contribution in [0.3, 0.4) is 0 Å². The molecule has 0 spiro atoms. The molecule has 2 heterocycles. The summed E-state index contributed by atoms with van der Waals surface area (Å²) < 4.78 is 22.8. The van der Waals surface area contributed by atoms with Gasteiger partial charge < -0.3 is 65.1 Å². The summed E-state index contributed by atoms with van der Waals surface area (Å²) >= 11 is 0. The van der Waals surface area contributed by atoms with E-state index < -0.39 is 86.8 Å². The third-order valence-corrected chi connectivity index (χ3v) is 16.3. The number of carbonyl (C=O) groups is 1. The molecule has 14 heteroatoms. The first kappa shape index (κ1) is 78.3. The SMILES string of the molecule is CC/C=C\C/C=C\C/C=C\C/C=C\C/C=C\CCCCCCCCCCCCCCCCCC(=O)NC(COC1OC(CO)C(OC2OC(CO)C(O)C(O)C2O)C(O)C1O)C(O)/C=C/CC/C=C/CCCCCCCCCCCCCCCC. The largest absolute Gasteiger partial charge is 0.394 e. The molecule has 0 radical (unpaired) electrons. The summed E-state index contributed by atoms with van der Waals surface area (Å²) in [5, 5.41) is 87.3. The van der Waals surface area contributed by atoms with Crippen LogP contribution in [0.25, 0.3) is 0 Å². The highest BCUT2D eigenvalue weighted by atomic mass is 16.7. The van der Waals surface area contributed by atoms with Crippen LogP contribution >= 0.6 is 0 Å². The van der Waals surface area contributed by atoms with Gasteiger partial charge in [0.25, 0.3) is 0 Å². The minimum Gasteiger partial charge on any atom is -0.394 e. The second-order valence-corrected chi connectivity index (χ2v) is 23.9. The standard InChI is InChI=1S/C71H125NO13/c1-3-5-7-9-11-13-15-17-19-21-23-25-26-27-28-29-30-31-32-33-34-35-37-39-41-43-45-47-49-51-53-55-63(76)72-59(60(75)54-52-50-48-46-44-42-40-38-36-24-22-20-18-16-14-12-10-8-6-4-2)58-82-70-68(81)66(79)69(62(57-74)84-70)85-71-67(80)65(78)64(77)61(56-73)83-71/h5,7,11,13,17,19,23,25,27-28,44,46,52,54,59-62,64-71,73-75,77-81H,3-4,6,8-10,12,14-16,18,20-22,24,26,29-43,45,47-51,53,55-58H2,1-2H3,(H,72,76)/b7-5-,13-11-,19-17-,25-23-,28-27-,46-44+,54-52+. The first-order valence-corrected chi connectivity index (χ1v) is 34.3. The van der Waals surface area contributed by atoms with Crippen molar-refractivity contribution in [3.8, 4) is 0 Å². The van der Waals surface area contributed by atoms with E-state index in [9.17, 15) is 45.6 Å². The number of nitrogens with one attached hydrogen (secondary N) is 1. The van der Waals surface area contributed by atoms with Gasteiger partial charge in [-0.2, -0.15) is 0 Å². The van der Waals surface area contributed by atoms with E-state index in [2.05, 4.69) is 92.1 Å². The Morgan fingerprint density at radius 2 is 0.824 bits per heavy atom. The molecule has 1 amide bonds. The molecule has 0 aliphatic carbocycles. The van der Waals surface area contributed by atoms with E-state index >= 15 is 0 Å². The predicted molar refractivity (Wildman–Crippen MR) is 346 cm³/mol. The number of hydrogen-bond donors (Lipinski definition) is 9. The van der Waals surface area contributed by atoms with Gasteiger partial charge in [0.05, 0.1) is 32.0 Å². The average Bonchev–Trinajstić information content (AvgIpc) is 3.68. The van der Waals surface area contributed by atoms with E-state index in [1.165, 1.54) is 167 Å². The van der Waals surface area contributed by atoms with Crippen molar-refractivity contribution in [2.24, 2.45) is 0 Å². The van der Waals surface area contributed by atoms with Crippen LogP contribution in [0.1, 0.15) is 264 Å². The third-order valence-electron chi connectivity index (χ3n) is 16.3. The summed E-state index contributed by atoms with van der Waals surface area (Å²) in [5.74, 6) is -0.250. The number of aliphatic hydroxyl groups excluding tert-OH is 8. The molecule has 492 valence electrons. The third kappa shape index (κ3) is 39.7. The van der Waals surface area contributed by atoms with Crippen LogP contribution < -0.4 is 5.32 Å². The van der Waals surface area contributed by atoms with E-state index in [4.69, 9.17) is 18.9 Å². The molecular formula is C71H125NO13. The van der Waals surface area contributed by atoms with E-state index in [0.29, 0.717) is 12.8 Å². The lowest BCUT2D eigenvalue weighted by Crippen LogP contribution is -2.65. The molecule has 14 nitrogen and oxygen atoms in total. The lowest BCUT2D eigenvalue weighted by Gasteiger charge is -2.46. The normalized spacial score (nSPS) is 24.1. The molecule has 12 atom stereocenters. The molecule has 85 heavy (non-hydrogen) atoms. The van der Waals surface area contributed by atoms with Crippen molar-refractivity contribution < 1.29 is 64.6 Å². The van der Waals surface area contributed by atoms with Gasteiger partial charge in [-0.1, -0.05) is 266 Å². The summed E-state index contributed by atoms with van der Waals surface area (Å²) in [6.45, 7) is 2.69. The molecular weight excluding hydrogens is 1070 g/mol. The number of rotatable bonds is 55. The van der Waals surface area contributed by atoms with Gasteiger partial charge in [-0.15, -0.1) is 0 Å². The fourth-order valence-electron chi connectivity index (χ4n) is 10.9. The number of hydrogen-bond acceptors (Lipinski definition) is 13. The first-order chi connectivity index (χ1) is 41.6. The fourth-order valence-corrected chi connectivity index (χ4v) is 10.9. The summed E-state index contributed by atoms with van der Waals surface area (Å²) in [6, 6.07) is -0.936. The molecule has 0 aromatic heterocycles. The molecule has 2 saturated heterocycles. The highest BCUT2D eigenvalue weighted by Gasteiger charge is 2.51. The van der Waals surface area contributed by atoms with Crippen molar-refractivity contribution in [2.75, 3.05) is 19.8 Å². The Hall–Kier alpha value is -2.83. The van der Waals surface area contributed by atoms with E-state index in [1.807, 2.05) is 6.08 Å². The second-order valence-electron chi connectivity index (χ2n) is 23.9. The van der Waals surface area contributed by atoms with Gasteiger partial charge in [-0.3, -0.25) is 4.79 Å². The van der Waals surface area contributed by atoms with Gasteiger partial charge in [-0.25, -0.2) is 0 Å². The Bertz CT molecular complexity index is 1750. The lowest BCUT2D eigenvalue weighted by atomic mass is 9.97. The van der Waals surface area contributed by atoms with Crippen LogP contribution in [0.5, 0.6) is 0 Å². The zero-order valence-corrected chi connectivity index (χ0v) is 53.3. The Morgan fingerprint density at radius 3 is 1.29 bits per heavy atom. The number of carbonyl (C=O) groups excluding carboxylic acids is 1. The van der Waals surface area contributed by atoms with Crippen LogP contribution in [0.15, 0.2) is 85.1 Å².